The normalized spacial score (nSPS) is 18.7. The second-order valence-corrected chi connectivity index (χ2v) is 7.62. The highest BCUT2D eigenvalue weighted by Crippen LogP contribution is 2.45. The van der Waals surface area contributed by atoms with Crippen molar-refractivity contribution in [3.05, 3.63) is 71.3 Å². The summed E-state index contributed by atoms with van der Waals surface area (Å²) >= 11 is 0. The number of hydrogen-bond donors (Lipinski definition) is 3. The topological polar surface area (TPSA) is 139 Å². The van der Waals surface area contributed by atoms with Crippen LogP contribution in [0.15, 0.2) is 59.7 Å². The van der Waals surface area contributed by atoms with Crippen molar-refractivity contribution in [1.29, 1.82) is 0 Å². The van der Waals surface area contributed by atoms with Crippen LogP contribution in [-0.2, 0) is 19.9 Å². The van der Waals surface area contributed by atoms with E-state index in [9.17, 15) is 19.5 Å². The van der Waals surface area contributed by atoms with Crippen LogP contribution in [0.3, 0.4) is 0 Å². The maximum absolute atomic E-state index is 12.9. The molecule has 2 aromatic rings. The molecule has 0 saturated carbocycles. The Kier molecular flexibility index (Phi) is 6.62. The predicted molar refractivity (Wildman–Crippen MR) is 116 cm³/mol. The van der Waals surface area contributed by atoms with Gasteiger partial charge >= 0.3 is 5.97 Å². The van der Waals surface area contributed by atoms with Gasteiger partial charge in [0.15, 0.2) is 6.29 Å². The van der Waals surface area contributed by atoms with E-state index in [0.29, 0.717) is 29.8 Å². The molecule has 0 aliphatic carbocycles. The number of carbonyl (C=O) groups is 3. The molecule has 0 aromatic heterocycles. The summed E-state index contributed by atoms with van der Waals surface area (Å²) in [4.78, 5) is 39.2. The lowest BCUT2D eigenvalue weighted by molar-refractivity contribution is -0.157. The molecule has 8 nitrogen and oxygen atoms in total. The number of ketones is 1. The third-order valence-electron chi connectivity index (χ3n) is 5.98. The third kappa shape index (κ3) is 3.64. The Morgan fingerprint density at radius 2 is 1.55 bits per heavy atom. The van der Waals surface area contributed by atoms with Crippen LogP contribution in [0.2, 0.25) is 0 Å². The molecule has 1 saturated heterocycles. The Bertz CT molecular complexity index is 971. The van der Waals surface area contributed by atoms with Gasteiger partial charge in [-0.15, -0.1) is 0 Å². The second-order valence-electron chi connectivity index (χ2n) is 7.62. The fourth-order valence-corrected chi connectivity index (χ4v) is 4.57. The summed E-state index contributed by atoms with van der Waals surface area (Å²) in [5.74, 6) is 2.48. The van der Waals surface area contributed by atoms with Crippen LogP contribution in [0.5, 0.6) is 0 Å². The van der Waals surface area contributed by atoms with Crippen molar-refractivity contribution in [1.82, 2.24) is 4.90 Å². The zero-order valence-electron chi connectivity index (χ0n) is 17.1. The Balaban J connectivity index is 2.42. The number of carbonyl (C=O) groups excluding carboxylic acids is 2. The molecular formula is C23H26N4O4. The number of nitrogens with zero attached hydrogens (tertiary/aromatic N) is 2. The number of aldehydes is 1. The van der Waals surface area contributed by atoms with E-state index in [0.717, 1.165) is 19.3 Å². The van der Waals surface area contributed by atoms with E-state index < -0.39 is 22.8 Å². The van der Waals surface area contributed by atoms with E-state index in [1.54, 1.807) is 54.6 Å². The van der Waals surface area contributed by atoms with E-state index in [-0.39, 0.29) is 6.29 Å². The smallest absolute Gasteiger partial charge is 0.334 e. The third-order valence-corrected chi connectivity index (χ3v) is 5.98. The predicted octanol–water partition coefficient (Wildman–Crippen LogP) is 1.26. The van der Waals surface area contributed by atoms with Crippen LogP contribution >= 0.6 is 0 Å². The molecule has 1 aliphatic heterocycles. The van der Waals surface area contributed by atoms with Gasteiger partial charge in [0, 0.05) is 0 Å². The van der Waals surface area contributed by atoms with Crippen LogP contribution < -0.4 is 11.6 Å². The molecule has 162 valence electrons. The Hall–Kier alpha value is -3.36. The summed E-state index contributed by atoms with van der Waals surface area (Å²) in [5.41, 5.74) is 4.07. The minimum atomic E-state index is -2.54. The molecule has 0 spiro atoms. The Labute approximate surface area is 180 Å². The minimum absolute atomic E-state index is 0.00516. The number of likely N-dealkylation sites (tertiary alicyclic amines) is 1. The maximum atomic E-state index is 12.9. The van der Waals surface area contributed by atoms with E-state index >= 15 is 0 Å². The van der Waals surface area contributed by atoms with E-state index in [4.69, 9.17) is 11.6 Å². The average Bonchev–Trinajstić information content (AvgIpc) is 2.81. The van der Waals surface area contributed by atoms with Crippen LogP contribution in [0.25, 0.3) is 0 Å². The molecule has 1 heterocycles. The van der Waals surface area contributed by atoms with Crippen molar-refractivity contribution in [2.75, 3.05) is 13.1 Å². The average molecular weight is 422 g/mol. The first kappa shape index (κ1) is 22.3. The minimum Gasteiger partial charge on any atom is -0.479 e. The molecule has 0 amide bonds. The Morgan fingerprint density at radius 1 is 0.968 bits per heavy atom. The summed E-state index contributed by atoms with van der Waals surface area (Å²) in [5, 5.41) is 13.8. The summed E-state index contributed by atoms with van der Waals surface area (Å²) in [6, 6.07) is 15.7. The molecule has 0 bridgehead atoms. The van der Waals surface area contributed by atoms with Gasteiger partial charge in [-0.25, -0.2) is 4.79 Å². The molecule has 2 atom stereocenters. The highest BCUT2D eigenvalue weighted by Gasteiger charge is 2.64. The van der Waals surface area contributed by atoms with Crippen LogP contribution in [0, 0.1) is 0 Å². The van der Waals surface area contributed by atoms with Gasteiger partial charge in [-0.2, -0.15) is 5.10 Å². The quantitative estimate of drug-likeness (QED) is 0.145. The number of rotatable bonds is 8. The maximum Gasteiger partial charge on any atom is 0.334 e. The van der Waals surface area contributed by atoms with Crippen molar-refractivity contribution >= 4 is 24.3 Å². The van der Waals surface area contributed by atoms with Crippen LogP contribution in [-0.4, -0.2) is 52.9 Å². The van der Waals surface area contributed by atoms with Crippen LogP contribution in [0.4, 0.5) is 0 Å². The van der Waals surface area contributed by atoms with Crippen molar-refractivity contribution in [3.63, 3.8) is 0 Å². The first-order valence-corrected chi connectivity index (χ1v) is 10.1. The molecule has 0 radical (unpaired) electrons. The fraction of sp³-hybridized carbons (Fsp3) is 0.304. The SMILES string of the molecule is NN=Cc1ccc(C(c2ccccc2)(N2CCCCC2)C(N)(C(=O)O)C(=O)C=O)cc1. The number of carboxylic acid groups (broad SMARTS) is 1. The zero-order valence-corrected chi connectivity index (χ0v) is 17.1. The first-order chi connectivity index (χ1) is 14.9. The number of carboxylic acids is 1. The number of piperidine rings is 1. The lowest BCUT2D eigenvalue weighted by atomic mass is 9.64. The molecule has 3 rings (SSSR count). The molecule has 31 heavy (non-hydrogen) atoms. The largest absolute Gasteiger partial charge is 0.479 e. The Morgan fingerprint density at radius 3 is 2.06 bits per heavy atom. The van der Waals surface area contributed by atoms with Gasteiger partial charge in [0.1, 0.15) is 5.54 Å². The van der Waals surface area contributed by atoms with Crippen molar-refractivity contribution in [2.45, 2.75) is 30.3 Å². The van der Waals surface area contributed by atoms with Gasteiger partial charge in [-0.05, 0) is 42.6 Å². The van der Waals surface area contributed by atoms with Crippen LogP contribution in [0.1, 0.15) is 36.0 Å². The zero-order chi connectivity index (χ0) is 22.5. The van der Waals surface area contributed by atoms with Gasteiger partial charge in [0.2, 0.25) is 11.3 Å². The van der Waals surface area contributed by atoms with Crippen molar-refractivity contribution < 1.29 is 19.5 Å². The molecule has 8 heteroatoms. The van der Waals surface area contributed by atoms with E-state index in [1.165, 1.54) is 6.21 Å². The van der Waals surface area contributed by atoms with Gasteiger partial charge in [0.05, 0.1) is 6.21 Å². The molecular weight excluding hydrogens is 396 g/mol. The summed E-state index contributed by atoms with van der Waals surface area (Å²) < 4.78 is 0. The number of Topliss-reactive ketones (excluding diaryl/α,β-unsaturated/α-hetero) is 1. The summed E-state index contributed by atoms with van der Waals surface area (Å²) in [6.07, 6.45) is 4.08. The van der Waals surface area contributed by atoms with Crippen molar-refractivity contribution in [3.8, 4) is 0 Å². The number of benzene rings is 2. The molecule has 5 N–H and O–H groups in total. The molecule has 2 aromatic carbocycles. The number of hydrazone groups is 1. The number of hydrogen-bond acceptors (Lipinski definition) is 7. The number of nitrogens with two attached hydrogens (primary N) is 2. The highest BCUT2D eigenvalue weighted by atomic mass is 16.4. The van der Waals surface area contributed by atoms with Gasteiger partial charge < -0.3 is 16.7 Å². The summed E-state index contributed by atoms with van der Waals surface area (Å²) in [6.45, 7) is 1.05. The second kappa shape index (κ2) is 9.20. The molecule has 2 unspecified atom stereocenters. The first-order valence-electron chi connectivity index (χ1n) is 10.1. The lowest BCUT2D eigenvalue weighted by Gasteiger charge is -2.53. The fourth-order valence-electron chi connectivity index (χ4n) is 4.57. The lowest BCUT2D eigenvalue weighted by Crippen LogP contribution is -2.75. The van der Waals surface area contributed by atoms with E-state index in [2.05, 4.69) is 5.10 Å². The van der Waals surface area contributed by atoms with Gasteiger partial charge in [-0.1, -0.05) is 61.0 Å². The number of aliphatic carboxylic acids is 1. The van der Waals surface area contributed by atoms with Gasteiger partial charge in [0.25, 0.3) is 0 Å². The van der Waals surface area contributed by atoms with Crippen molar-refractivity contribution in [2.24, 2.45) is 16.7 Å². The standard InChI is InChI=1S/C23H26N4O4/c24-22(21(30)31,20(29)16-28)23(18-7-3-1-4-8-18,27-13-5-2-6-14-27)19-11-9-17(10-12-19)15-26-25/h1,3-4,7-12,15-16H,2,5-6,13-14,24-25H2,(H,30,31). The molecule has 1 fully saturated rings. The van der Waals surface area contributed by atoms with E-state index in [1.807, 2.05) is 4.90 Å². The summed E-state index contributed by atoms with van der Waals surface area (Å²) in [7, 11) is 0. The van der Waals surface area contributed by atoms with Gasteiger partial charge in [-0.3, -0.25) is 14.5 Å². The molecule has 1 aliphatic rings. The highest BCUT2D eigenvalue weighted by molar-refractivity contribution is 6.36. The monoisotopic (exact) mass is 422 g/mol.